The van der Waals surface area contributed by atoms with Crippen LogP contribution in [0.3, 0.4) is 0 Å². The summed E-state index contributed by atoms with van der Waals surface area (Å²) in [5, 5.41) is 0. The topological polar surface area (TPSA) is 18.5 Å². The van der Waals surface area contributed by atoms with Gasteiger partial charge in [0.2, 0.25) is 0 Å². The van der Waals surface area contributed by atoms with Crippen LogP contribution in [0.4, 0.5) is 0 Å². The summed E-state index contributed by atoms with van der Waals surface area (Å²) in [6.45, 7) is 7.45. The summed E-state index contributed by atoms with van der Waals surface area (Å²) in [6, 6.07) is 13.0. The fourth-order valence-electron chi connectivity index (χ4n) is 2.95. The fraction of sp³-hybridized carbons (Fsp3) is 0.478. The van der Waals surface area contributed by atoms with Gasteiger partial charge in [-0.1, -0.05) is 39.0 Å². The Morgan fingerprint density at radius 1 is 0.808 bits per heavy atom. The Kier molecular flexibility index (Phi) is 9.30. The Balaban J connectivity index is 1.82. The number of halogens is 1. The molecule has 142 valence electrons. The monoisotopic (exact) mass is 467 g/mol. The van der Waals surface area contributed by atoms with Crippen LogP contribution in [0, 0.1) is 21.0 Å². The summed E-state index contributed by atoms with van der Waals surface area (Å²) < 4.78 is 14.2. The first-order valence-electron chi connectivity index (χ1n) is 9.67. The number of benzene rings is 2. The minimum atomic E-state index is -0.183. The smallest absolute Gasteiger partial charge is 0.358 e. The van der Waals surface area contributed by atoms with Crippen LogP contribution in [0.25, 0.3) is 0 Å². The van der Waals surface area contributed by atoms with E-state index >= 15 is 0 Å². The Morgan fingerprint density at radius 3 is 2.04 bits per heavy atom. The molecular formula is C23H32IO2+. The molecule has 0 saturated heterocycles. The van der Waals surface area contributed by atoms with E-state index in [4.69, 9.17) is 9.47 Å². The molecule has 0 fully saturated rings. The summed E-state index contributed by atoms with van der Waals surface area (Å²) in [5.41, 5.74) is 2.66. The second-order valence-electron chi connectivity index (χ2n) is 6.74. The molecule has 2 rings (SSSR count). The average Bonchev–Trinajstić information content (AvgIpc) is 2.65. The van der Waals surface area contributed by atoms with Gasteiger partial charge in [-0.15, -0.1) is 0 Å². The van der Waals surface area contributed by atoms with Gasteiger partial charge in [-0.25, -0.2) is 0 Å². The van der Waals surface area contributed by atoms with Crippen LogP contribution in [0.2, 0.25) is 0 Å². The lowest BCUT2D eigenvalue weighted by molar-refractivity contribution is -0.598. The minimum Gasteiger partial charge on any atom is -0.497 e. The van der Waals surface area contributed by atoms with Gasteiger partial charge in [0.05, 0.1) is 13.7 Å². The molecule has 0 bridgehead atoms. The maximum Gasteiger partial charge on any atom is 0.358 e. The molecule has 0 aliphatic carbocycles. The third kappa shape index (κ3) is 6.82. The van der Waals surface area contributed by atoms with Gasteiger partial charge in [-0.2, -0.15) is 0 Å². The van der Waals surface area contributed by atoms with Crippen molar-refractivity contribution in [2.24, 2.45) is 0 Å². The lowest BCUT2D eigenvalue weighted by Gasteiger charge is -2.06. The van der Waals surface area contributed by atoms with E-state index in [9.17, 15) is 0 Å². The van der Waals surface area contributed by atoms with Crippen molar-refractivity contribution in [2.45, 2.75) is 59.3 Å². The van der Waals surface area contributed by atoms with Crippen LogP contribution in [0.15, 0.2) is 36.4 Å². The Hall–Kier alpha value is -1.23. The zero-order valence-electron chi connectivity index (χ0n) is 16.6. The number of ether oxygens (including phenoxy) is 2. The second-order valence-corrected chi connectivity index (χ2v) is 9.60. The highest BCUT2D eigenvalue weighted by molar-refractivity contribution is 5.32. The third-order valence-corrected chi connectivity index (χ3v) is 8.01. The Labute approximate surface area is 169 Å². The molecule has 0 aliphatic rings. The van der Waals surface area contributed by atoms with E-state index in [0.29, 0.717) is 0 Å². The molecule has 0 heterocycles. The van der Waals surface area contributed by atoms with Gasteiger partial charge in [0, 0.05) is 11.1 Å². The molecule has 26 heavy (non-hydrogen) atoms. The first kappa shape index (κ1) is 21.1. The van der Waals surface area contributed by atoms with Gasteiger partial charge in [0.15, 0.2) is 7.14 Å². The SMILES string of the molecule is CCCCCCCCOc1ccc([I+]c2c(C)cc(OC)cc2C)cc1. The predicted molar refractivity (Wildman–Crippen MR) is 105 cm³/mol. The summed E-state index contributed by atoms with van der Waals surface area (Å²) in [6.07, 6.45) is 7.79. The molecule has 3 heteroatoms. The predicted octanol–water partition coefficient (Wildman–Crippen LogP) is 3.18. The highest BCUT2D eigenvalue weighted by atomic mass is 127. The maximum absolute atomic E-state index is 5.89. The third-order valence-electron chi connectivity index (χ3n) is 4.43. The molecule has 0 unspecified atom stereocenters. The van der Waals surface area contributed by atoms with Crippen LogP contribution >= 0.6 is 0 Å². The van der Waals surface area contributed by atoms with Crippen molar-refractivity contribution < 1.29 is 30.7 Å². The van der Waals surface area contributed by atoms with Crippen molar-refractivity contribution in [2.75, 3.05) is 13.7 Å². The van der Waals surface area contributed by atoms with E-state index in [1.54, 1.807) is 7.11 Å². The van der Waals surface area contributed by atoms with Gasteiger partial charge in [0.1, 0.15) is 11.5 Å². The van der Waals surface area contributed by atoms with E-state index in [-0.39, 0.29) is 21.2 Å². The highest BCUT2D eigenvalue weighted by Gasteiger charge is 2.22. The first-order valence-corrected chi connectivity index (χ1v) is 11.8. The van der Waals surface area contributed by atoms with Gasteiger partial charge in [-0.05, 0) is 56.7 Å². The van der Waals surface area contributed by atoms with Crippen molar-refractivity contribution in [3.8, 4) is 11.5 Å². The number of rotatable bonds is 11. The van der Waals surface area contributed by atoms with E-state index < -0.39 is 0 Å². The Morgan fingerprint density at radius 2 is 1.42 bits per heavy atom. The lowest BCUT2D eigenvalue weighted by atomic mass is 10.1. The molecule has 0 spiro atoms. The number of methoxy groups -OCH3 is 1. The average molecular weight is 467 g/mol. The molecule has 0 radical (unpaired) electrons. The quantitative estimate of drug-likeness (QED) is 0.374. The Bertz CT molecular complexity index is 641. The normalized spacial score (nSPS) is 10.8. The van der Waals surface area contributed by atoms with E-state index in [1.807, 2.05) is 0 Å². The van der Waals surface area contributed by atoms with Crippen LogP contribution < -0.4 is 30.7 Å². The molecule has 2 aromatic carbocycles. The molecule has 0 saturated carbocycles. The second kappa shape index (κ2) is 11.5. The van der Waals surface area contributed by atoms with E-state index in [0.717, 1.165) is 24.5 Å². The van der Waals surface area contributed by atoms with Crippen LogP contribution in [0.1, 0.15) is 56.6 Å². The van der Waals surface area contributed by atoms with Crippen molar-refractivity contribution in [3.05, 3.63) is 54.7 Å². The molecule has 0 aromatic heterocycles. The van der Waals surface area contributed by atoms with Crippen molar-refractivity contribution in [3.63, 3.8) is 0 Å². The molecule has 2 aromatic rings. The van der Waals surface area contributed by atoms with E-state index in [1.165, 1.54) is 50.4 Å². The zero-order chi connectivity index (χ0) is 18.8. The van der Waals surface area contributed by atoms with Gasteiger partial charge < -0.3 is 9.47 Å². The zero-order valence-corrected chi connectivity index (χ0v) is 18.8. The summed E-state index contributed by atoms with van der Waals surface area (Å²) in [5.74, 6) is 1.95. The van der Waals surface area contributed by atoms with Crippen molar-refractivity contribution in [1.29, 1.82) is 0 Å². The van der Waals surface area contributed by atoms with Crippen molar-refractivity contribution >= 4 is 0 Å². The number of unbranched alkanes of at least 4 members (excludes halogenated alkanes) is 5. The summed E-state index contributed by atoms with van der Waals surface area (Å²) in [7, 11) is 1.73. The summed E-state index contributed by atoms with van der Waals surface area (Å²) >= 11 is -0.183. The van der Waals surface area contributed by atoms with Crippen LogP contribution in [-0.2, 0) is 0 Å². The molecular weight excluding hydrogens is 435 g/mol. The molecule has 2 nitrogen and oxygen atoms in total. The van der Waals surface area contributed by atoms with Gasteiger partial charge >= 0.3 is 21.2 Å². The molecule has 0 aliphatic heterocycles. The van der Waals surface area contributed by atoms with E-state index in [2.05, 4.69) is 57.2 Å². The highest BCUT2D eigenvalue weighted by Crippen LogP contribution is 2.16. The number of hydrogen-bond acceptors (Lipinski definition) is 2. The van der Waals surface area contributed by atoms with Crippen LogP contribution in [0.5, 0.6) is 11.5 Å². The molecule has 0 atom stereocenters. The molecule has 0 amide bonds. The lowest BCUT2D eigenvalue weighted by Crippen LogP contribution is -3.62. The number of hydrogen-bond donors (Lipinski definition) is 0. The maximum atomic E-state index is 5.89. The summed E-state index contributed by atoms with van der Waals surface area (Å²) in [4.78, 5) is 0. The fourth-order valence-corrected chi connectivity index (χ4v) is 5.45. The standard InChI is InChI=1S/C23H32IO2/c1-5-6-7-8-9-10-15-26-21-13-11-20(12-14-21)24-23-18(2)16-22(25-4)17-19(23)3/h11-14,16-17H,5-10,15H2,1-4H3/q+1. The van der Waals surface area contributed by atoms with Gasteiger partial charge in [0.25, 0.3) is 0 Å². The number of aryl methyl sites for hydroxylation is 2. The largest absolute Gasteiger partial charge is 0.497 e. The van der Waals surface area contributed by atoms with Gasteiger partial charge in [-0.3, -0.25) is 0 Å². The van der Waals surface area contributed by atoms with Crippen LogP contribution in [-0.4, -0.2) is 13.7 Å². The molecule has 0 N–H and O–H groups in total. The van der Waals surface area contributed by atoms with Crippen molar-refractivity contribution in [1.82, 2.24) is 0 Å². The minimum absolute atomic E-state index is 0.183. The first-order chi connectivity index (χ1) is 12.6.